The first kappa shape index (κ1) is 34.2. The molecule has 3 N–H and O–H groups in total. The predicted octanol–water partition coefficient (Wildman–Crippen LogP) is 6.57. The van der Waals surface area contributed by atoms with Crippen molar-refractivity contribution in [3.05, 3.63) is 52.3 Å². The molecular formula is C27H39ClF2N2O5. The zero-order valence-corrected chi connectivity index (χ0v) is 22.9. The first-order valence-electron chi connectivity index (χ1n) is 12.3. The number of carbonyl (C=O) groups is 2. The molecule has 2 aromatic rings. The lowest BCUT2D eigenvalue weighted by Gasteiger charge is -2.25. The average Bonchev–Trinajstić information content (AvgIpc) is 2.92. The van der Waals surface area contributed by atoms with Crippen LogP contribution >= 0.6 is 11.6 Å². The van der Waals surface area contributed by atoms with Gasteiger partial charge in [-0.2, -0.15) is 0 Å². The maximum atomic E-state index is 12.2. The number of carboxylic acids is 1. The smallest absolute Gasteiger partial charge is 0.306 e. The summed E-state index contributed by atoms with van der Waals surface area (Å²) in [5.74, 6) is 0.570. The fourth-order valence-corrected chi connectivity index (χ4v) is 3.77. The van der Waals surface area contributed by atoms with Crippen molar-refractivity contribution >= 4 is 23.9 Å². The lowest BCUT2D eigenvalue weighted by Crippen LogP contribution is -2.26. The minimum atomic E-state index is -2.52. The van der Waals surface area contributed by atoms with Crippen LogP contribution in [0.4, 0.5) is 8.78 Å². The van der Waals surface area contributed by atoms with E-state index in [4.69, 9.17) is 26.6 Å². The van der Waals surface area contributed by atoms with Crippen LogP contribution in [0.2, 0.25) is 5.02 Å². The molecule has 1 aliphatic carbocycles. The number of rotatable bonds is 7. The Bertz CT molecular complexity index is 939. The van der Waals surface area contributed by atoms with Crippen molar-refractivity contribution in [1.82, 2.24) is 10.3 Å². The van der Waals surface area contributed by atoms with Gasteiger partial charge in [-0.25, -0.2) is 8.78 Å². The standard InChI is InChI=1S/C9H11F2NO.C9H17NO2.C7H5ClO2.C2H6/c1-3-6-4-7(9(10)11)12-5-8(6)13-2;1-10-6-7-2-4-8(5-3-7)9(11)12;8-6-3-5(4-9)1-2-7(6)10;1-2/h4-5,9H,3H2,1-2H3;7-8,10H,2-6H2,1H3,(H,11,12);1-4,10H;1-2H3. The van der Waals surface area contributed by atoms with Crippen LogP contribution in [0.15, 0.2) is 30.5 Å². The van der Waals surface area contributed by atoms with E-state index in [-0.39, 0.29) is 22.4 Å². The van der Waals surface area contributed by atoms with E-state index < -0.39 is 12.4 Å². The van der Waals surface area contributed by atoms with Gasteiger partial charge in [-0.05, 0) is 81.4 Å². The minimum Gasteiger partial charge on any atom is -0.506 e. The first-order chi connectivity index (χ1) is 17.7. The van der Waals surface area contributed by atoms with E-state index in [1.165, 1.54) is 37.6 Å². The third-order valence-corrected chi connectivity index (χ3v) is 5.89. The number of nitrogens with zero attached hydrogens (tertiary/aromatic N) is 1. The second-order valence-corrected chi connectivity index (χ2v) is 8.42. The van der Waals surface area contributed by atoms with Gasteiger partial charge in [0.15, 0.2) is 0 Å². The molecule has 3 rings (SSSR count). The van der Waals surface area contributed by atoms with Crippen LogP contribution < -0.4 is 10.1 Å². The molecule has 1 heterocycles. The predicted molar refractivity (Wildman–Crippen MR) is 142 cm³/mol. The molecule has 1 aromatic heterocycles. The number of carboxylic acid groups (broad SMARTS) is 1. The molecule has 0 amide bonds. The molecular weight excluding hydrogens is 506 g/mol. The number of alkyl halides is 2. The molecule has 0 saturated heterocycles. The van der Waals surface area contributed by atoms with Gasteiger partial charge >= 0.3 is 5.97 Å². The largest absolute Gasteiger partial charge is 0.506 e. The molecule has 7 nitrogen and oxygen atoms in total. The van der Waals surface area contributed by atoms with Crippen molar-refractivity contribution in [1.29, 1.82) is 0 Å². The van der Waals surface area contributed by atoms with Crippen molar-refractivity contribution in [2.24, 2.45) is 11.8 Å². The van der Waals surface area contributed by atoms with Crippen LogP contribution in [-0.2, 0) is 11.2 Å². The lowest BCUT2D eigenvalue weighted by molar-refractivity contribution is -0.143. The number of aryl methyl sites for hydroxylation is 1. The Morgan fingerprint density at radius 1 is 1.24 bits per heavy atom. The van der Waals surface area contributed by atoms with Crippen molar-refractivity contribution in [3.63, 3.8) is 0 Å². The van der Waals surface area contributed by atoms with E-state index >= 15 is 0 Å². The molecule has 0 spiro atoms. The number of benzene rings is 1. The van der Waals surface area contributed by atoms with Gasteiger partial charge in [0.1, 0.15) is 23.5 Å². The highest BCUT2D eigenvalue weighted by molar-refractivity contribution is 6.32. The summed E-state index contributed by atoms with van der Waals surface area (Å²) in [5, 5.41) is 21.0. The summed E-state index contributed by atoms with van der Waals surface area (Å²) >= 11 is 5.48. The SMILES string of the molecule is CC.CCc1cc(C(F)F)ncc1OC.CNCC1CCC(C(=O)O)CC1.O=Cc1ccc(O)c(Cl)c1. The Labute approximate surface area is 223 Å². The van der Waals surface area contributed by atoms with Crippen LogP contribution in [0.1, 0.15) is 74.5 Å². The maximum Gasteiger partial charge on any atom is 0.306 e. The van der Waals surface area contributed by atoms with Crippen LogP contribution in [0.3, 0.4) is 0 Å². The molecule has 208 valence electrons. The molecule has 0 unspecified atom stereocenters. The normalized spacial score (nSPS) is 16.1. The number of aromatic hydroxyl groups is 1. The van der Waals surface area contributed by atoms with Gasteiger partial charge in [-0.3, -0.25) is 14.6 Å². The summed E-state index contributed by atoms with van der Waals surface area (Å²) < 4.78 is 29.4. The minimum absolute atomic E-state index is 0.00716. The quantitative estimate of drug-likeness (QED) is 0.338. The number of halogens is 3. The van der Waals surface area contributed by atoms with E-state index in [0.29, 0.717) is 29.9 Å². The second-order valence-electron chi connectivity index (χ2n) is 8.02. The number of phenols is 1. The molecule has 1 fully saturated rings. The number of nitrogens with one attached hydrogen (secondary N) is 1. The molecule has 1 saturated carbocycles. The molecule has 0 aliphatic heterocycles. The van der Waals surface area contributed by atoms with Gasteiger partial charge in [-0.1, -0.05) is 32.4 Å². The average molecular weight is 545 g/mol. The van der Waals surface area contributed by atoms with Gasteiger partial charge in [-0.15, -0.1) is 0 Å². The van der Waals surface area contributed by atoms with Crippen LogP contribution in [0.25, 0.3) is 0 Å². The summed E-state index contributed by atoms with van der Waals surface area (Å²) in [5.41, 5.74) is 1.02. The molecule has 0 atom stereocenters. The Morgan fingerprint density at radius 2 is 1.86 bits per heavy atom. The lowest BCUT2D eigenvalue weighted by atomic mass is 9.82. The highest BCUT2D eigenvalue weighted by Crippen LogP contribution is 2.28. The van der Waals surface area contributed by atoms with Crippen molar-refractivity contribution in [2.45, 2.75) is 59.3 Å². The van der Waals surface area contributed by atoms with Crippen LogP contribution in [0, 0.1) is 11.8 Å². The summed E-state index contributed by atoms with van der Waals surface area (Å²) in [6, 6.07) is 5.66. The van der Waals surface area contributed by atoms with E-state index in [9.17, 15) is 18.4 Å². The van der Waals surface area contributed by atoms with E-state index in [2.05, 4.69) is 10.3 Å². The number of ether oxygens (including phenoxy) is 1. The third-order valence-electron chi connectivity index (χ3n) is 5.59. The molecule has 37 heavy (non-hydrogen) atoms. The van der Waals surface area contributed by atoms with Crippen LogP contribution in [0.5, 0.6) is 11.5 Å². The third kappa shape index (κ3) is 12.8. The number of aliphatic carboxylic acids is 1. The highest BCUT2D eigenvalue weighted by Gasteiger charge is 2.25. The number of hydrogen-bond acceptors (Lipinski definition) is 6. The first-order valence-corrected chi connectivity index (χ1v) is 12.7. The number of methoxy groups -OCH3 is 1. The van der Waals surface area contributed by atoms with E-state index in [1.807, 2.05) is 27.8 Å². The summed E-state index contributed by atoms with van der Waals surface area (Å²) in [4.78, 5) is 24.3. The van der Waals surface area contributed by atoms with Crippen molar-refractivity contribution in [3.8, 4) is 11.5 Å². The molecule has 1 aliphatic rings. The fourth-order valence-electron chi connectivity index (χ4n) is 3.58. The Hall–Kier alpha value is -2.78. The second kappa shape index (κ2) is 19.3. The molecule has 1 aromatic carbocycles. The van der Waals surface area contributed by atoms with E-state index in [1.54, 1.807) is 0 Å². The van der Waals surface area contributed by atoms with E-state index in [0.717, 1.165) is 37.8 Å². The zero-order chi connectivity index (χ0) is 28.4. The molecule has 10 heteroatoms. The summed E-state index contributed by atoms with van der Waals surface area (Å²) in [6.45, 7) is 6.92. The number of hydrogen-bond donors (Lipinski definition) is 3. The number of aldehydes is 1. The Kier molecular flexibility index (Phi) is 17.9. The van der Waals surface area contributed by atoms with Gasteiger partial charge in [0, 0.05) is 5.56 Å². The maximum absolute atomic E-state index is 12.2. The fraction of sp³-hybridized carbons (Fsp3) is 0.519. The Morgan fingerprint density at radius 3 is 2.30 bits per heavy atom. The van der Waals surface area contributed by atoms with Crippen LogP contribution in [-0.4, -0.2) is 48.2 Å². The number of phenolic OH excluding ortho intramolecular Hbond substituents is 1. The number of carbonyl (C=O) groups excluding carboxylic acids is 1. The number of pyridine rings is 1. The summed E-state index contributed by atoms with van der Waals surface area (Å²) in [7, 11) is 3.45. The molecule has 0 bridgehead atoms. The Balaban J connectivity index is 0.000000511. The topological polar surface area (TPSA) is 109 Å². The van der Waals surface area contributed by atoms with Gasteiger partial charge in [0.25, 0.3) is 6.43 Å². The van der Waals surface area contributed by atoms with Crippen molar-refractivity contribution in [2.75, 3.05) is 20.7 Å². The summed E-state index contributed by atoms with van der Waals surface area (Å²) in [6.07, 6.45) is 4.01. The van der Waals surface area contributed by atoms with Gasteiger partial charge in [0.2, 0.25) is 0 Å². The van der Waals surface area contributed by atoms with Gasteiger partial charge < -0.3 is 20.3 Å². The molecule has 0 radical (unpaired) electrons. The highest BCUT2D eigenvalue weighted by atomic mass is 35.5. The van der Waals surface area contributed by atoms with Gasteiger partial charge in [0.05, 0.1) is 24.2 Å². The number of aromatic nitrogens is 1. The zero-order valence-electron chi connectivity index (χ0n) is 22.1. The monoisotopic (exact) mass is 544 g/mol. The van der Waals surface area contributed by atoms with Crippen molar-refractivity contribution < 1.29 is 33.3 Å².